The minimum atomic E-state index is 0.295. The van der Waals surface area contributed by atoms with E-state index in [1.54, 1.807) is 0 Å². The van der Waals surface area contributed by atoms with Crippen molar-refractivity contribution < 1.29 is 5.11 Å². The minimum absolute atomic E-state index is 0.295. The van der Waals surface area contributed by atoms with Gasteiger partial charge in [0.25, 0.3) is 0 Å². The van der Waals surface area contributed by atoms with Gasteiger partial charge in [-0.15, -0.1) is 0 Å². The molecule has 0 aliphatic carbocycles. The van der Waals surface area contributed by atoms with Crippen LogP contribution in [-0.4, -0.2) is 39.0 Å². The van der Waals surface area contributed by atoms with Crippen LogP contribution >= 0.6 is 0 Å². The van der Waals surface area contributed by atoms with Gasteiger partial charge in [0.05, 0.1) is 5.69 Å². The van der Waals surface area contributed by atoms with Gasteiger partial charge in [-0.05, 0) is 31.9 Å². The molecule has 2 heterocycles. The predicted octanol–water partition coefficient (Wildman–Crippen LogP) is 1.16. The van der Waals surface area contributed by atoms with Crippen LogP contribution in [0.15, 0.2) is 12.3 Å². The number of aliphatic hydroxyl groups excluding tert-OH is 1. The molecule has 16 heavy (non-hydrogen) atoms. The number of aromatic nitrogens is 2. The van der Waals surface area contributed by atoms with E-state index in [2.05, 4.69) is 16.1 Å². The van der Waals surface area contributed by atoms with Gasteiger partial charge in [0.15, 0.2) is 0 Å². The van der Waals surface area contributed by atoms with E-state index in [4.69, 9.17) is 5.11 Å². The molecule has 4 nitrogen and oxygen atoms in total. The highest BCUT2D eigenvalue weighted by atomic mass is 16.3. The Labute approximate surface area is 96.9 Å². The molecule has 4 heteroatoms. The summed E-state index contributed by atoms with van der Waals surface area (Å²) in [5.41, 5.74) is 1.13. The van der Waals surface area contributed by atoms with Gasteiger partial charge in [-0.1, -0.05) is 6.42 Å². The van der Waals surface area contributed by atoms with Gasteiger partial charge in [-0.3, -0.25) is 9.58 Å². The lowest BCUT2D eigenvalue weighted by atomic mass is 9.99. The van der Waals surface area contributed by atoms with Crippen LogP contribution in [0, 0.1) is 0 Å². The van der Waals surface area contributed by atoms with E-state index in [0.29, 0.717) is 12.6 Å². The van der Waals surface area contributed by atoms with Crippen molar-refractivity contribution in [2.45, 2.75) is 38.3 Å². The van der Waals surface area contributed by atoms with Crippen molar-refractivity contribution in [3.63, 3.8) is 0 Å². The van der Waals surface area contributed by atoms with Crippen LogP contribution in [0.1, 0.15) is 31.4 Å². The van der Waals surface area contributed by atoms with Gasteiger partial charge < -0.3 is 5.11 Å². The first-order valence-corrected chi connectivity index (χ1v) is 6.13. The highest BCUT2D eigenvalue weighted by Crippen LogP contribution is 2.21. The van der Waals surface area contributed by atoms with Crippen LogP contribution < -0.4 is 0 Å². The summed E-state index contributed by atoms with van der Waals surface area (Å²) >= 11 is 0. The van der Waals surface area contributed by atoms with Crippen LogP contribution in [-0.2, 0) is 13.6 Å². The predicted molar refractivity (Wildman–Crippen MR) is 63.0 cm³/mol. The fraction of sp³-hybridized carbons (Fsp3) is 0.750. The summed E-state index contributed by atoms with van der Waals surface area (Å²) in [6.45, 7) is 2.36. The second kappa shape index (κ2) is 5.46. The third-order valence-electron chi connectivity index (χ3n) is 3.35. The van der Waals surface area contributed by atoms with Gasteiger partial charge in [0.1, 0.15) is 0 Å². The number of hydrogen-bond donors (Lipinski definition) is 1. The average Bonchev–Trinajstić information content (AvgIpc) is 2.67. The first kappa shape index (κ1) is 11.6. The van der Waals surface area contributed by atoms with Gasteiger partial charge in [0, 0.05) is 32.4 Å². The number of aliphatic hydroxyl groups is 1. The maximum atomic E-state index is 9.06. The van der Waals surface area contributed by atoms with E-state index in [1.165, 1.54) is 19.3 Å². The molecule has 90 valence electrons. The maximum Gasteiger partial charge on any atom is 0.0764 e. The van der Waals surface area contributed by atoms with Crippen molar-refractivity contribution in [1.29, 1.82) is 0 Å². The number of aryl methyl sites for hydroxylation is 1. The van der Waals surface area contributed by atoms with Crippen LogP contribution in [0.25, 0.3) is 0 Å². The summed E-state index contributed by atoms with van der Waals surface area (Å²) in [6, 6.07) is 2.62. The van der Waals surface area contributed by atoms with Crippen LogP contribution in [0.2, 0.25) is 0 Å². The van der Waals surface area contributed by atoms with Crippen molar-refractivity contribution in [3.05, 3.63) is 18.0 Å². The first-order chi connectivity index (χ1) is 7.79. The molecular weight excluding hydrogens is 202 g/mol. The number of hydrogen-bond acceptors (Lipinski definition) is 3. The molecule has 1 aromatic heterocycles. The summed E-state index contributed by atoms with van der Waals surface area (Å²) in [7, 11) is 1.95. The molecule has 0 radical (unpaired) electrons. The summed E-state index contributed by atoms with van der Waals surface area (Å²) in [5.74, 6) is 0. The summed E-state index contributed by atoms with van der Waals surface area (Å²) in [4.78, 5) is 2.46. The summed E-state index contributed by atoms with van der Waals surface area (Å²) in [5, 5.41) is 13.5. The number of rotatable bonds is 4. The van der Waals surface area contributed by atoms with E-state index in [0.717, 1.165) is 25.2 Å². The minimum Gasteiger partial charge on any atom is -0.396 e. The molecule has 0 amide bonds. The Bertz CT molecular complexity index is 322. The highest BCUT2D eigenvalue weighted by Gasteiger charge is 2.22. The van der Waals surface area contributed by atoms with E-state index in [1.807, 2.05) is 17.9 Å². The standard InChI is InChI=1S/C12H21N3O/c1-14-8-5-11(13-14)10-15-7-3-2-4-12(15)6-9-16/h5,8,12,16H,2-4,6-7,9-10H2,1H3. The van der Waals surface area contributed by atoms with E-state index < -0.39 is 0 Å². The lowest BCUT2D eigenvalue weighted by molar-refractivity contribution is 0.111. The molecule has 0 aromatic carbocycles. The molecule has 0 bridgehead atoms. The van der Waals surface area contributed by atoms with Crippen molar-refractivity contribution in [2.24, 2.45) is 7.05 Å². The van der Waals surface area contributed by atoms with Gasteiger partial charge in [-0.25, -0.2) is 0 Å². The molecule has 1 aliphatic rings. The number of piperidine rings is 1. The van der Waals surface area contributed by atoms with Gasteiger partial charge >= 0.3 is 0 Å². The Morgan fingerprint density at radius 1 is 1.50 bits per heavy atom. The summed E-state index contributed by atoms with van der Waals surface area (Å²) < 4.78 is 1.85. The Hall–Kier alpha value is -0.870. The summed E-state index contributed by atoms with van der Waals surface area (Å²) in [6.07, 6.45) is 6.67. The molecule has 1 fully saturated rings. The fourth-order valence-corrected chi connectivity index (χ4v) is 2.50. The fourth-order valence-electron chi connectivity index (χ4n) is 2.50. The third-order valence-corrected chi connectivity index (χ3v) is 3.35. The first-order valence-electron chi connectivity index (χ1n) is 6.13. The van der Waals surface area contributed by atoms with Crippen molar-refractivity contribution in [2.75, 3.05) is 13.2 Å². The van der Waals surface area contributed by atoms with Crippen molar-refractivity contribution >= 4 is 0 Å². The molecule has 0 spiro atoms. The Morgan fingerprint density at radius 2 is 2.38 bits per heavy atom. The third kappa shape index (κ3) is 2.83. The lowest BCUT2D eigenvalue weighted by Gasteiger charge is -2.34. The second-order valence-corrected chi connectivity index (χ2v) is 4.61. The SMILES string of the molecule is Cn1ccc(CN2CCCCC2CCO)n1. The van der Waals surface area contributed by atoms with E-state index >= 15 is 0 Å². The lowest BCUT2D eigenvalue weighted by Crippen LogP contribution is -2.39. The molecule has 1 aromatic rings. The molecule has 1 aliphatic heterocycles. The Kier molecular flexibility index (Phi) is 3.96. The van der Waals surface area contributed by atoms with Crippen LogP contribution in [0.5, 0.6) is 0 Å². The van der Waals surface area contributed by atoms with Crippen molar-refractivity contribution in [3.8, 4) is 0 Å². The smallest absolute Gasteiger partial charge is 0.0764 e. The van der Waals surface area contributed by atoms with Crippen molar-refractivity contribution in [1.82, 2.24) is 14.7 Å². The zero-order chi connectivity index (χ0) is 11.4. The quantitative estimate of drug-likeness (QED) is 0.832. The van der Waals surface area contributed by atoms with E-state index in [9.17, 15) is 0 Å². The number of likely N-dealkylation sites (tertiary alicyclic amines) is 1. The van der Waals surface area contributed by atoms with Gasteiger partial charge in [0.2, 0.25) is 0 Å². The molecular formula is C12H21N3O. The molecule has 1 atom stereocenters. The molecule has 1 saturated heterocycles. The molecule has 1 N–H and O–H groups in total. The maximum absolute atomic E-state index is 9.06. The largest absolute Gasteiger partial charge is 0.396 e. The number of nitrogens with zero attached hydrogens (tertiary/aromatic N) is 3. The zero-order valence-electron chi connectivity index (χ0n) is 9.97. The monoisotopic (exact) mass is 223 g/mol. The zero-order valence-corrected chi connectivity index (χ0v) is 9.97. The molecule has 2 rings (SSSR count). The normalized spacial score (nSPS) is 22.5. The second-order valence-electron chi connectivity index (χ2n) is 4.61. The van der Waals surface area contributed by atoms with E-state index in [-0.39, 0.29) is 0 Å². The van der Waals surface area contributed by atoms with Gasteiger partial charge in [-0.2, -0.15) is 5.10 Å². The topological polar surface area (TPSA) is 41.3 Å². The molecule has 0 saturated carbocycles. The Morgan fingerprint density at radius 3 is 3.06 bits per heavy atom. The highest BCUT2D eigenvalue weighted by molar-refractivity contribution is 4.99. The molecule has 1 unspecified atom stereocenters. The average molecular weight is 223 g/mol. The Balaban J connectivity index is 1.95. The van der Waals surface area contributed by atoms with Crippen LogP contribution in [0.4, 0.5) is 0 Å². The van der Waals surface area contributed by atoms with Crippen LogP contribution in [0.3, 0.4) is 0 Å².